The molecule has 0 amide bonds. The van der Waals surface area contributed by atoms with E-state index >= 15 is 0 Å². The first kappa shape index (κ1) is 33.1. The molecule has 222 valence electrons. The number of carbonyl (C=O) groups is 3. The third kappa shape index (κ3) is 10.8. The molecule has 2 rings (SSSR count). The van der Waals surface area contributed by atoms with Crippen molar-refractivity contribution >= 4 is 23.8 Å². The summed E-state index contributed by atoms with van der Waals surface area (Å²) in [6.07, 6.45) is 6.19. The maximum Gasteiger partial charge on any atom is 0.314 e. The normalized spacial score (nSPS) is 11.6. The van der Waals surface area contributed by atoms with Gasteiger partial charge in [0.1, 0.15) is 17.2 Å². The topological polar surface area (TPSA) is 97.4 Å². The van der Waals surface area contributed by atoms with E-state index in [1.807, 2.05) is 13.0 Å². The van der Waals surface area contributed by atoms with Crippen molar-refractivity contribution < 1.29 is 38.1 Å². The van der Waals surface area contributed by atoms with Gasteiger partial charge in [0.15, 0.2) is 5.78 Å². The summed E-state index contributed by atoms with van der Waals surface area (Å²) in [7, 11) is 0. The van der Waals surface area contributed by atoms with E-state index in [4.69, 9.17) is 23.7 Å². The summed E-state index contributed by atoms with van der Waals surface area (Å²) >= 11 is 0. The predicted molar refractivity (Wildman–Crippen MR) is 158 cm³/mol. The van der Waals surface area contributed by atoms with Crippen molar-refractivity contribution in [3.05, 3.63) is 71.8 Å². The van der Waals surface area contributed by atoms with E-state index in [-0.39, 0.29) is 31.3 Å². The number of benzene rings is 2. The first-order valence-corrected chi connectivity index (χ1v) is 13.6. The second kappa shape index (κ2) is 15.1. The van der Waals surface area contributed by atoms with Gasteiger partial charge in [-0.2, -0.15) is 0 Å². The Hall–Kier alpha value is -4.07. The molecule has 8 heteroatoms. The molecule has 0 fully saturated rings. The molecular weight excluding hydrogens is 524 g/mol. The summed E-state index contributed by atoms with van der Waals surface area (Å²) in [5.41, 5.74) is 0.703. The molecule has 0 unspecified atom stereocenters. The summed E-state index contributed by atoms with van der Waals surface area (Å²) < 4.78 is 27.6. The Labute approximate surface area is 243 Å². The van der Waals surface area contributed by atoms with Crippen LogP contribution in [0.1, 0.15) is 76.4 Å². The largest absolute Gasteiger partial charge is 0.493 e. The zero-order chi connectivity index (χ0) is 30.6. The Morgan fingerprint density at radius 1 is 0.805 bits per heavy atom. The van der Waals surface area contributed by atoms with Gasteiger partial charge in [-0.3, -0.25) is 14.4 Å². The molecule has 0 heterocycles. The molecule has 0 bridgehead atoms. The van der Waals surface area contributed by atoms with Crippen LogP contribution in [-0.2, 0) is 25.5 Å². The van der Waals surface area contributed by atoms with Crippen molar-refractivity contribution in [2.75, 3.05) is 20.2 Å². The molecular formula is C33H42O8. The Kier molecular flexibility index (Phi) is 12.2. The highest BCUT2D eigenvalue weighted by Crippen LogP contribution is 2.32. The Bertz CT molecular complexity index is 1230. The highest BCUT2D eigenvalue weighted by molar-refractivity contribution is 6.07. The predicted octanol–water partition coefficient (Wildman–Crippen LogP) is 6.95. The lowest BCUT2D eigenvalue weighted by atomic mass is 9.97. The third-order valence-corrected chi connectivity index (χ3v) is 5.62. The number of hydrogen-bond acceptors (Lipinski definition) is 8. The van der Waals surface area contributed by atoms with Crippen LogP contribution in [0.15, 0.2) is 55.1 Å². The molecule has 2 aromatic rings. The standard InChI is InChI=1S/C33H42O8/c1-9-11-24-19-25(28(37-18-10-2)20-29(24)39-22-41-31(36)33(6,7)8)14-17-27(34)23-12-15-26(16-13-23)38-21-40-30(35)32(3,4)5/h9,12-17,19-20H,1,10-11,18,21-22H2,2-8H3/b17-14+. The number of rotatable bonds is 14. The van der Waals surface area contributed by atoms with Gasteiger partial charge in [0.25, 0.3) is 0 Å². The molecule has 2 aromatic carbocycles. The molecule has 0 atom stereocenters. The molecule has 0 aliphatic rings. The van der Waals surface area contributed by atoms with Crippen LogP contribution in [0.5, 0.6) is 17.2 Å². The number of esters is 2. The fourth-order valence-electron chi connectivity index (χ4n) is 3.25. The lowest BCUT2D eigenvalue weighted by Crippen LogP contribution is -2.24. The Morgan fingerprint density at radius 3 is 1.93 bits per heavy atom. The van der Waals surface area contributed by atoms with E-state index in [9.17, 15) is 14.4 Å². The van der Waals surface area contributed by atoms with Crippen LogP contribution in [0.4, 0.5) is 0 Å². The van der Waals surface area contributed by atoms with Gasteiger partial charge >= 0.3 is 11.9 Å². The molecule has 0 radical (unpaired) electrons. The number of hydrogen-bond donors (Lipinski definition) is 0. The molecule has 0 spiro atoms. The van der Waals surface area contributed by atoms with Crippen molar-refractivity contribution in [1.29, 1.82) is 0 Å². The van der Waals surface area contributed by atoms with Crippen molar-refractivity contribution in [2.24, 2.45) is 10.8 Å². The minimum Gasteiger partial charge on any atom is -0.493 e. The minimum atomic E-state index is -0.641. The van der Waals surface area contributed by atoms with Crippen molar-refractivity contribution in [2.45, 2.75) is 61.3 Å². The summed E-state index contributed by atoms with van der Waals surface area (Å²) in [5, 5.41) is 0. The number of ether oxygens (including phenoxy) is 5. The first-order chi connectivity index (χ1) is 19.3. The highest BCUT2D eigenvalue weighted by Gasteiger charge is 2.24. The molecule has 0 N–H and O–H groups in total. The molecule has 0 saturated carbocycles. The van der Waals surface area contributed by atoms with Crippen LogP contribution >= 0.6 is 0 Å². The van der Waals surface area contributed by atoms with Crippen LogP contribution in [0.25, 0.3) is 6.08 Å². The van der Waals surface area contributed by atoms with E-state index in [1.54, 1.807) is 84.0 Å². The van der Waals surface area contributed by atoms with Crippen molar-refractivity contribution in [1.82, 2.24) is 0 Å². The van der Waals surface area contributed by atoms with Crippen LogP contribution in [0, 0.1) is 10.8 Å². The molecule has 0 aliphatic heterocycles. The van der Waals surface area contributed by atoms with E-state index in [2.05, 4.69) is 6.58 Å². The Balaban J connectivity index is 2.17. The van der Waals surface area contributed by atoms with E-state index < -0.39 is 10.8 Å². The van der Waals surface area contributed by atoms with Crippen LogP contribution in [0.3, 0.4) is 0 Å². The third-order valence-electron chi connectivity index (χ3n) is 5.62. The van der Waals surface area contributed by atoms with Gasteiger partial charge in [-0.25, -0.2) is 0 Å². The maximum atomic E-state index is 12.9. The second-order valence-electron chi connectivity index (χ2n) is 11.4. The number of allylic oxidation sites excluding steroid dienone is 2. The summed E-state index contributed by atoms with van der Waals surface area (Å²) in [4.78, 5) is 36.9. The number of ketones is 1. The Morgan fingerprint density at radius 2 is 1.39 bits per heavy atom. The fourth-order valence-corrected chi connectivity index (χ4v) is 3.25. The van der Waals surface area contributed by atoms with Gasteiger partial charge in [-0.1, -0.05) is 13.0 Å². The average Bonchev–Trinajstić information content (AvgIpc) is 2.91. The highest BCUT2D eigenvalue weighted by atomic mass is 16.7. The van der Waals surface area contributed by atoms with E-state index in [0.29, 0.717) is 41.4 Å². The minimum absolute atomic E-state index is 0.211. The van der Waals surface area contributed by atoms with Crippen LogP contribution in [0.2, 0.25) is 0 Å². The van der Waals surface area contributed by atoms with Gasteiger partial charge in [0.2, 0.25) is 13.6 Å². The average molecular weight is 567 g/mol. The zero-order valence-corrected chi connectivity index (χ0v) is 25.2. The lowest BCUT2D eigenvalue weighted by Gasteiger charge is -2.18. The first-order valence-electron chi connectivity index (χ1n) is 13.6. The molecule has 0 aliphatic carbocycles. The van der Waals surface area contributed by atoms with Gasteiger partial charge in [0, 0.05) is 17.2 Å². The van der Waals surface area contributed by atoms with Crippen LogP contribution in [-0.4, -0.2) is 37.9 Å². The quantitative estimate of drug-likeness (QED) is 0.0797. The fraction of sp³-hybridized carbons (Fsp3) is 0.424. The SMILES string of the molecule is C=CCc1cc(/C=C/C(=O)c2ccc(OCOC(=O)C(C)(C)C)cc2)c(OCCC)cc1OCOC(=O)C(C)(C)C. The lowest BCUT2D eigenvalue weighted by molar-refractivity contribution is -0.160. The van der Waals surface area contributed by atoms with Crippen LogP contribution < -0.4 is 14.2 Å². The second-order valence-corrected chi connectivity index (χ2v) is 11.4. The molecule has 0 aromatic heterocycles. The summed E-state index contributed by atoms with van der Waals surface area (Å²) in [6, 6.07) is 10.2. The van der Waals surface area contributed by atoms with Crippen molar-refractivity contribution in [3.63, 3.8) is 0 Å². The van der Waals surface area contributed by atoms with Gasteiger partial charge in [0.05, 0.1) is 17.4 Å². The monoisotopic (exact) mass is 566 g/mol. The van der Waals surface area contributed by atoms with Crippen molar-refractivity contribution in [3.8, 4) is 17.2 Å². The number of carbonyl (C=O) groups excluding carboxylic acids is 3. The van der Waals surface area contributed by atoms with E-state index in [0.717, 1.165) is 12.0 Å². The van der Waals surface area contributed by atoms with Gasteiger partial charge < -0.3 is 23.7 Å². The van der Waals surface area contributed by atoms with Gasteiger partial charge in [-0.05, 0) is 102 Å². The zero-order valence-electron chi connectivity index (χ0n) is 25.2. The molecule has 41 heavy (non-hydrogen) atoms. The summed E-state index contributed by atoms with van der Waals surface area (Å²) in [5.74, 6) is 0.569. The maximum absolute atomic E-state index is 12.9. The smallest absolute Gasteiger partial charge is 0.314 e. The molecule has 0 saturated heterocycles. The van der Waals surface area contributed by atoms with Gasteiger partial charge in [-0.15, -0.1) is 6.58 Å². The summed E-state index contributed by atoms with van der Waals surface area (Å²) in [6.45, 7) is 16.4. The van der Waals surface area contributed by atoms with E-state index in [1.165, 1.54) is 6.08 Å². The molecule has 8 nitrogen and oxygen atoms in total.